The zero-order valence-corrected chi connectivity index (χ0v) is 13.0. The van der Waals surface area contributed by atoms with Crippen LogP contribution in [0.25, 0.3) is 9.88 Å². The molecule has 7 heteroatoms. The van der Waals surface area contributed by atoms with E-state index in [1.54, 1.807) is 18.3 Å². The maximum Gasteiger partial charge on any atom is 0.326 e. The Balaban J connectivity index is 1.90. The van der Waals surface area contributed by atoms with Gasteiger partial charge >= 0.3 is 5.97 Å². The summed E-state index contributed by atoms with van der Waals surface area (Å²) in [4.78, 5) is 31.3. The van der Waals surface area contributed by atoms with Crippen molar-refractivity contribution in [1.29, 1.82) is 0 Å². The third-order valence-corrected chi connectivity index (χ3v) is 5.71. The Morgan fingerprint density at radius 3 is 2.95 bits per heavy atom. The molecule has 1 N–H and O–H groups in total. The van der Waals surface area contributed by atoms with Gasteiger partial charge in [0.25, 0.3) is 5.91 Å². The number of hydrogen-bond acceptors (Lipinski definition) is 5. The molecule has 2 aromatic rings. The average molecular weight is 322 g/mol. The number of carbonyl (C=O) groups is 2. The second-order valence-corrected chi connectivity index (χ2v) is 6.85. The largest absolute Gasteiger partial charge is 0.480 e. The maximum absolute atomic E-state index is 12.6. The molecule has 5 nitrogen and oxygen atoms in total. The molecule has 21 heavy (non-hydrogen) atoms. The van der Waals surface area contributed by atoms with Gasteiger partial charge in [-0.3, -0.25) is 4.79 Å². The predicted molar refractivity (Wildman–Crippen MR) is 81.9 cm³/mol. The van der Waals surface area contributed by atoms with Crippen LogP contribution in [0.1, 0.15) is 28.2 Å². The molecule has 0 aromatic carbocycles. The van der Waals surface area contributed by atoms with Crippen LogP contribution in [0.3, 0.4) is 0 Å². The second kappa shape index (κ2) is 5.57. The summed E-state index contributed by atoms with van der Waals surface area (Å²) in [5, 5.41) is 12.0. The number of aromatic nitrogens is 1. The van der Waals surface area contributed by atoms with Gasteiger partial charge in [-0.15, -0.1) is 22.7 Å². The molecule has 0 saturated carbocycles. The number of carbonyl (C=O) groups excluding carboxylic acids is 1. The summed E-state index contributed by atoms with van der Waals surface area (Å²) in [6, 6.07) is 3.20. The summed E-state index contributed by atoms with van der Waals surface area (Å²) in [6.07, 6.45) is 1.26. The number of thiazole rings is 1. The first-order valence-corrected chi connectivity index (χ1v) is 8.32. The third kappa shape index (κ3) is 2.58. The molecule has 1 amide bonds. The first kappa shape index (κ1) is 14.2. The molecular weight excluding hydrogens is 308 g/mol. The average Bonchev–Trinajstić information content (AvgIpc) is 3.18. The fourth-order valence-electron chi connectivity index (χ4n) is 2.50. The minimum absolute atomic E-state index is 0.210. The van der Waals surface area contributed by atoms with Crippen LogP contribution in [0, 0.1) is 6.92 Å². The van der Waals surface area contributed by atoms with E-state index in [-0.39, 0.29) is 5.91 Å². The third-order valence-electron chi connectivity index (χ3n) is 3.52. The highest BCUT2D eigenvalue weighted by Gasteiger charge is 2.35. The standard InChI is InChI=1S/C14H14N2O3S2/c1-8-11(21-12(15-8)10-5-3-7-20-10)13(17)16-6-2-4-9(16)14(18)19/h3,5,7,9H,2,4,6H2,1H3,(H,18,19). The van der Waals surface area contributed by atoms with Crippen molar-refractivity contribution in [2.45, 2.75) is 25.8 Å². The van der Waals surface area contributed by atoms with E-state index in [1.807, 2.05) is 17.5 Å². The van der Waals surface area contributed by atoms with Gasteiger partial charge in [0.1, 0.15) is 15.9 Å². The van der Waals surface area contributed by atoms with Gasteiger partial charge in [-0.05, 0) is 31.2 Å². The minimum atomic E-state index is -0.929. The zero-order chi connectivity index (χ0) is 15.0. The number of likely N-dealkylation sites (tertiary alicyclic amines) is 1. The molecule has 2 aromatic heterocycles. The van der Waals surface area contributed by atoms with Crippen molar-refractivity contribution in [3.8, 4) is 9.88 Å². The van der Waals surface area contributed by atoms with Crippen molar-refractivity contribution in [3.63, 3.8) is 0 Å². The molecule has 3 heterocycles. The summed E-state index contributed by atoms with van der Waals surface area (Å²) in [5.41, 5.74) is 0.671. The normalized spacial score (nSPS) is 18.1. The van der Waals surface area contributed by atoms with Crippen molar-refractivity contribution >= 4 is 34.6 Å². The van der Waals surface area contributed by atoms with E-state index < -0.39 is 12.0 Å². The zero-order valence-electron chi connectivity index (χ0n) is 11.4. The Hall–Kier alpha value is -1.73. The molecule has 0 bridgehead atoms. The van der Waals surface area contributed by atoms with E-state index >= 15 is 0 Å². The monoisotopic (exact) mass is 322 g/mol. The lowest BCUT2D eigenvalue weighted by Gasteiger charge is -2.20. The maximum atomic E-state index is 12.6. The number of amides is 1. The van der Waals surface area contributed by atoms with Crippen molar-refractivity contribution in [3.05, 3.63) is 28.1 Å². The number of hydrogen-bond donors (Lipinski definition) is 1. The van der Waals surface area contributed by atoms with Crippen molar-refractivity contribution in [2.75, 3.05) is 6.54 Å². The van der Waals surface area contributed by atoms with Crippen LogP contribution in [0.2, 0.25) is 0 Å². The van der Waals surface area contributed by atoms with Crippen LogP contribution in [-0.2, 0) is 4.79 Å². The van der Waals surface area contributed by atoms with E-state index in [4.69, 9.17) is 0 Å². The van der Waals surface area contributed by atoms with Gasteiger partial charge in [0.05, 0.1) is 10.6 Å². The summed E-state index contributed by atoms with van der Waals surface area (Å²) >= 11 is 2.92. The number of carboxylic acid groups (broad SMARTS) is 1. The number of carboxylic acids is 1. The van der Waals surface area contributed by atoms with Crippen LogP contribution in [0.15, 0.2) is 17.5 Å². The second-order valence-electron chi connectivity index (χ2n) is 4.91. The fraction of sp³-hybridized carbons (Fsp3) is 0.357. The van der Waals surface area contributed by atoms with Crippen LogP contribution < -0.4 is 0 Å². The molecule has 3 rings (SSSR count). The first-order chi connectivity index (χ1) is 10.1. The molecule has 0 aliphatic carbocycles. The van der Waals surface area contributed by atoms with E-state index in [0.717, 1.165) is 16.3 Å². The molecule has 1 saturated heterocycles. The highest BCUT2D eigenvalue weighted by Crippen LogP contribution is 2.32. The number of aryl methyl sites for hydroxylation is 1. The smallest absolute Gasteiger partial charge is 0.326 e. The lowest BCUT2D eigenvalue weighted by Crippen LogP contribution is -2.40. The molecule has 1 unspecified atom stereocenters. The van der Waals surface area contributed by atoms with E-state index in [2.05, 4.69) is 4.98 Å². The van der Waals surface area contributed by atoms with E-state index in [9.17, 15) is 14.7 Å². The summed E-state index contributed by atoms with van der Waals surface area (Å²) < 4.78 is 0. The van der Waals surface area contributed by atoms with Crippen molar-refractivity contribution in [1.82, 2.24) is 9.88 Å². The lowest BCUT2D eigenvalue weighted by atomic mass is 10.2. The fourth-order valence-corrected chi connectivity index (χ4v) is 4.32. The Bertz CT molecular complexity index is 678. The molecule has 110 valence electrons. The van der Waals surface area contributed by atoms with Gasteiger partial charge in [0, 0.05) is 6.54 Å². The molecule has 1 aliphatic rings. The first-order valence-electron chi connectivity index (χ1n) is 6.63. The molecule has 1 atom stereocenters. The Morgan fingerprint density at radius 1 is 1.48 bits per heavy atom. The van der Waals surface area contributed by atoms with Gasteiger partial charge in [0.2, 0.25) is 0 Å². The van der Waals surface area contributed by atoms with Gasteiger partial charge in [-0.25, -0.2) is 9.78 Å². The number of rotatable bonds is 3. The quantitative estimate of drug-likeness (QED) is 0.943. The Kier molecular flexibility index (Phi) is 3.77. The van der Waals surface area contributed by atoms with Gasteiger partial charge < -0.3 is 10.0 Å². The molecular formula is C14H14N2O3S2. The molecule has 0 spiro atoms. The van der Waals surface area contributed by atoms with Crippen LogP contribution in [-0.4, -0.2) is 39.5 Å². The van der Waals surface area contributed by atoms with E-state index in [0.29, 0.717) is 23.5 Å². The van der Waals surface area contributed by atoms with Crippen molar-refractivity contribution in [2.24, 2.45) is 0 Å². The Labute approximate surface area is 129 Å². The number of thiophene rings is 1. The van der Waals surface area contributed by atoms with Crippen LogP contribution in [0.5, 0.6) is 0 Å². The van der Waals surface area contributed by atoms with Crippen LogP contribution >= 0.6 is 22.7 Å². The predicted octanol–water partition coefficient (Wildman–Crippen LogP) is 2.87. The van der Waals surface area contributed by atoms with Gasteiger partial charge in [0.15, 0.2) is 0 Å². The SMILES string of the molecule is Cc1nc(-c2cccs2)sc1C(=O)N1CCCC1C(=O)O. The number of nitrogens with zero attached hydrogens (tertiary/aromatic N) is 2. The highest BCUT2D eigenvalue weighted by atomic mass is 32.1. The molecule has 1 fully saturated rings. The topological polar surface area (TPSA) is 70.5 Å². The van der Waals surface area contributed by atoms with Gasteiger partial charge in [-0.1, -0.05) is 6.07 Å². The molecule has 0 radical (unpaired) electrons. The number of aliphatic carboxylic acids is 1. The molecule has 1 aliphatic heterocycles. The van der Waals surface area contributed by atoms with Gasteiger partial charge in [-0.2, -0.15) is 0 Å². The van der Waals surface area contributed by atoms with Crippen molar-refractivity contribution < 1.29 is 14.7 Å². The highest BCUT2D eigenvalue weighted by molar-refractivity contribution is 7.22. The Morgan fingerprint density at radius 2 is 2.29 bits per heavy atom. The lowest BCUT2D eigenvalue weighted by molar-refractivity contribution is -0.141. The summed E-state index contributed by atoms with van der Waals surface area (Å²) in [6.45, 7) is 2.30. The van der Waals surface area contributed by atoms with Crippen LogP contribution in [0.4, 0.5) is 0 Å². The van der Waals surface area contributed by atoms with E-state index in [1.165, 1.54) is 16.2 Å². The summed E-state index contributed by atoms with van der Waals surface area (Å²) in [7, 11) is 0. The minimum Gasteiger partial charge on any atom is -0.480 e. The summed E-state index contributed by atoms with van der Waals surface area (Å²) in [5.74, 6) is -1.14.